The molecule has 3 N–H and O–H groups in total. The molecule has 0 amide bonds. The van der Waals surface area contributed by atoms with Gasteiger partial charge in [-0.1, -0.05) is 32.9 Å². The predicted octanol–water partition coefficient (Wildman–Crippen LogP) is 4.86. The number of ether oxygens (including phenoxy) is 1. The molecule has 2 rings (SSSR count). The second-order valence-electron chi connectivity index (χ2n) is 6.55. The Bertz CT molecular complexity index is 808. The second-order valence-corrected chi connectivity index (χ2v) is 8.20. The molecular weight excluding hydrogens is 339 g/mol. The number of hydrogen-bond donors (Lipinski definition) is 3. The van der Waals surface area contributed by atoms with Gasteiger partial charge in [0, 0.05) is 5.56 Å². The van der Waals surface area contributed by atoms with E-state index in [0.717, 1.165) is 16.7 Å². The quantitative estimate of drug-likeness (QED) is 0.638. The highest BCUT2D eigenvalue weighted by Crippen LogP contribution is 2.41. The Morgan fingerprint density at radius 2 is 1.84 bits per heavy atom. The van der Waals surface area contributed by atoms with Gasteiger partial charge in [0.15, 0.2) is 0 Å². The van der Waals surface area contributed by atoms with Crippen LogP contribution in [0.1, 0.15) is 48.9 Å². The standard InChI is InChI=1S/C19H25O5P/c1-5-15-9-14(11-25(21,22)23)8-13(4)19(15)24-16-6-7-18(20)17(10-16)12(2)3/h6-10,12,20H,5,11H2,1-4H3,(H2,21,22,23). The average Bonchev–Trinajstić information content (AvgIpc) is 2.49. The smallest absolute Gasteiger partial charge is 0.329 e. The summed E-state index contributed by atoms with van der Waals surface area (Å²) in [6.07, 6.45) is 0.401. The molecule has 0 radical (unpaired) electrons. The number of aryl methyl sites for hydroxylation is 2. The zero-order chi connectivity index (χ0) is 18.8. The van der Waals surface area contributed by atoms with Gasteiger partial charge in [0.05, 0.1) is 6.16 Å². The molecule has 0 unspecified atom stereocenters. The molecule has 0 bridgehead atoms. The van der Waals surface area contributed by atoms with Crippen molar-refractivity contribution >= 4 is 7.60 Å². The molecule has 0 aliphatic heterocycles. The van der Waals surface area contributed by atoms with E-state index < -0.39 is 7.60 Å². The zero-order valence-electron chi connectivity index (χ0n) is 15.0. The second kappa shape index (κ2) is 7.61. The maximum Gasteiger partial charge on any atom is 0.329 e. The Kier molecular flexibility index (Phi) is 5.94. The van der Waals surface area contributed by atoms with Gasteiger partial charge >= 0.3 is 7.60 Å². The van der Waals surface area contributed by atoms with E-state index in [-0.39, 0.29) is 17.8 Å². The number of rotatable bonds is 6. The summed E-state index contributed by atoms with van der Waals surface area (Å²) in [5.41, 5.74) is 3.12. The largest absolute Gasteiger partial charge is 0.508 e. The molecule has 0 heterocycles. The fourth-order valence-corrected chi connectivity index (χ4v) is 3.50. The average molecular weight is 364 g/mol. The molecule has 0 spiro atoms. The van der Waals surface area contributed by atoms with Crippen molar-refractivity contribution in [1.29, 1.82) is 0 Å². The first kappa shape index (κ1) is 19.5. The summed E-state index contributed by atoms with van der Waals surface area (Å²) in [4.78, 5) is 18.4. The third-order valence-corrected chi connectivity index (χ3v) is 4.80. The number of phenolic OH excluding ortho intramolecular Hbond substituents is 1. The first-order valence-corrected chi connectivity index (χ1v) is 10.1. The highest BCUT2D eigenvalue weighted by molar-refractivity contribution is 7.50. The van der Waals surface area contributed by atoms with Gasteiger partial charge in [-0.2, -0.15) is 0 Å². The maximum atomic E-state index is 11.3. The van der Waals surface area contributed by atoms with E-state index >= 15 is 0 Å². The van der Waals surface area contributed by atoms with Gasteiger partial charge in [0.1, 0.15) is 17.2 Å². The highest BCUT2D eigenvalue weighted by Gasteiger charge is 2.17. The van der Waals surface area contributed by atoms with Crippen molar-refractivity contribution in [2.24, 2.45) is 0 Å². The zero-order valence-corrected chi connectivity index (χ0v) is 15.9. The minimum atomic E-state index is -4.11. The lowest BCUT2D eigenvalue weighted by atomic mass is 10.0. The van der Waals surface area contributed by atoms with Crippen molar-refractivity contribution in [2.45, 2.75) is 46.2 Å². The molecule has 136 valence electrons. The molecule has 5 nitrogen and oxygen atoms in total. The summed E-state index contributed by atoms with van der Waals surface area (Å²) < 4.78 is 17.3. The number of benzene rings is 2. The summed E-state index contributed by atoms with van der Waals surface area (Å²) in [5.74, 6) is 1.73. The summed E-state index contributed by atoms with van der Waals surface area (Å²) in [5, 5.41) is 9.94. The topological polar surface area (TPSA) is 87.0 Å². The summed E-state index contributed by atoms with van der Waals surface area (Å²) in [6, 6.07) is 8.68. The van der Waals surface area contributed by atoms with Crippen LogP contribution in [-0.2, 0) is 17.1 Å². The fourth-order valence-electron chi connectivity index (χ4n) is 2.84. The first-order chi connectivity index (χ1) is 11.6. The van der Waals surface area contributed by atoms with Gasteiger partial charge in [-0.3, -0.25) is 4.57 Å². The normalized spacial score (nSPS) is 11.8. The predicted molar refractivity (Wildman–Crippen MR) is 98.6 cm³/mol. The Morgan fingerprint density at radius 3 is 2.40 bits per heavy atom. The fraction of sp³-hybridized carbons (Fsp3) is 0.368. The van der Waals surface area contributed by atoms with Crippen LogP contribution in [0.3, 0.4) is 0 Å². The van der Waals surface area contributed by atoms with Crippen molar-refractivity contribution in [3.63, 3.8) is 0 Å². The van der Waals surface area contributed by atoms with E-state index in [9.17, 15) is 19.5 Å². The van der Waals surface area contributed by atoms with Crippen LogP contribution >= 0.6 is 7.60 Å². The van der Waals surface area contributed by atoms with Crippen LogP contribution in [0.5, 0.6) is 17.2 Å². The van der Waals surface area contributed by atoms with Crippen LogP contribution in [0.25, 0.3) is 0 Å². The van der Waals surface area contributed by atoms with Crippen molar-refractivity contribution in [1.82, 2.24) is 0 Å². The van der Waals surface area contributed by atoms with Gasteiger partial charge in [-0.05, 0) is 54.2 Å². The molecule has 0 fully saturated rings. The molecule has 0 saturated heterocycles. The summed E-state index contributed by atoms with van der Waals surface area (Å²) in [6.45, 7) is 7.83. The molecule has 2 aromatic carbocycles. The molecule has 0 atom stereocenters. The lowest BCUT2D eigenvalue weighted by Crippen LogP contribution is -1.98. The lowest BCUT2D eigenvalue weighted by Gasteiger charge is -2.17. The third-order valence-electron chi connectivity index (χ3n) is 4.02. The van der Waals surface area contributed by atoms with Gasteiger partial charge in [0.2, 0.25) is 0 Å². The number of phenols is 1. The molecule has 0 aromatic heterocycles. The Morgan fingerprint density at radius 1 is 1.16 bits per heavy atom. The van der Waals surface area contributed by atoms with E-state index in [1.807, 2.05) is 33.8 Å². The first-order valence-electron chi connectivity index (χ1n) is 8.28. The van der Waals surface area contributed by atoms with E-state index in [4.69, 9.17) is 4.74 Å². The maximum absolute atomic E-state index is 11.3. The molecule has 6 heteroatoms. The van der Waals surface area contributed by atoms with Crippen LogP contribution in [0.2, 0.25) is 0 Å². The molecule has 0 aliphatic rings. The van der Waals surface area contributed by atoms with Crippen molar-refractivity contribution < 1.29 is 24.2 Å². The number of aromatic hydroxyl groups is 1. The van der Waals surface area contributed by atoms with Crippen molar-refractivity contribution in [3.05, 3.63) is 52.6 Å². The highest BCUT2D eigenvalue weighted by atomic mass is 31.2. The Hall–Kier alpha value is -1.81. The molecule has 2 aromatic rings. The molecule has 0 saturated carbocycles. The van der Waals surface area contributed by atoms with Gasteiger partial charge in [0.25, 0.3) is 0 Å². The number of hydrogen-bond acceptors (Lipinski definition) is 3. The third kappa shape index (κ3) is 5.08. The minimum Gasteiger partial charge on any atom is -0.508 e. The summed E-state index contributed by atoms with van der Waals surface area (Å²) >= 11 is 0. The molecule has 25 heavy (non-hydrogen) atoms. The van der Waals surface area contributed by atoms with Crippen LogP contribution in [0, 0.1) is 6.92 Å². The Labute approximate surface area is 148 Å². The van der Waals surface area contributed by atoms with Crippen LogP contribution < -0.4 is 4.74 Å². The SMILES string of the molecule is CCc1cc(CP(=O)(O)O)cc(C)c1Oc1ccc(O)c(C(C)C)c1. The van der Waals surface area contributed by atoms with E-state index in [2.05, 4.69) is 0 Å². The van der Waals surface area contributed by atoms with E-state index in [0.29, 0.717) is 23.5 Å². The van der Waals surface area contributed by atoms with E-state index in [1.165, 1.54) is 0 Å². The van der Waals surface area contributed by atoms with Gasteiger partial charge < -0.3 is 19.6 Å². The van der Waals surface area contributed by atoms with Crippen LogP contribution in [0.4, 0.5) is 0 Å². The van der Waals surface area contributed by atoms with Crippen molar-refractivity contribution in [3.8, 4) is 17.2 Å². The van der Waals surface area contributed by atoms with Crippen LogP contribution in [0.15, 0.2) is 30.3 Å². The van der Waals surface area contributed by atoms with Gasteiger partial charge in [-0.25, -0.2) is 0 Å². The minimum absolute atomic E-state index is 0.168. The lowest BCUT2D eigenvalue weighted by molar-refractivity contribution is 0.371. The monoisotopic (exact) mass is 364 g/mol. The van der Waals surface area contributed by atoms with Crippen molar-refractivity contribution in [2.75, 3.05) is 0 Å². The van der Waals surface area contributed by atoms with E-state index in [1.54, 1.807) is 24.3 Å². The van der Waals surface area contributed by atoms with Crippen LogP contribution in [-0.4, -0.2) is 14.9 Å². The Balaban J connectivity index is 2.40. The van der Waals surface area contributed by atoms with Gasteiger partial charge in [-0.15, -0.1) is 0 Å². The summed E-state index contributed by atoms with van der Waals surface area (Å²) in [7, 11) is -4.11. The molecular formula is C19H25O5P. The molecule has 0 aliphatic carbocycles.